The third-order valence-electron chi connectivity index (χ3n) is 3.02. The van der Waals surface area contributed by atoms with Gasteiger partial charge in [0, 0.05) is 6.08 Å². The summed E-state index contributed by atoms with van der Waals surface area (Å²) in [6.45, 7) is 5.29. The summed E-state index contributed by atoms with van der Waals surface area (Å²) in [6.07, 6.45) is 2.90. The van der Waals surface area contributed by atoms with Crippen molar-refractivity contribution in [3.05, 3.63) is 41.0 Å². The van der Waals surface area contributed by atoms with Crippen LogP contribution < -0.4 is 0 Å². The molecule has 4 nitrogen and oxygen atoms in total. The van der Waals surface area contributed by atoms with Gasteiger partial charge in [-0.1, -0.05) is 23.8 Å². The van der Waals surface area contributed by atoms with Crippen molar-refractivity contribution in [3.63, 3.8) is 0 Å². The van der Waals surface area contributed by atoms with E-state index in [9.17, 15) is 4.79 Å². The lowest BCUT2D eigenvalue weighted by molar-refractivity contribution is -0.131. The highest BCUT2D eigenvalue weighted by Crippen LogP contribution is 2.25. The molecule has 1 aromatic carbocycles. The number of benzene rings is 1. The Morgan fingerprint density at radius 1 is 1.63 bits per heavy atom. The fourth-order valence-electron chi connectivity index (χ4n) is 1.88. The molecule has 0 radical (unpaired) electrons. The van der Waals surface area contributed by atoms with Crippen LogP contribution in [0.15, 0.2) is 24.3 Å². The van der Waals surface area contributed by atoms with Crippen LogP contribution in [0.25, 0.3) is 6.08 Å². The van der Waals surface area contributed by atoms with Gasteiger partial charge >= 0.3 is 5.97 Å². The maximum Gasteiger partial charge on any atom is 0.328 e. The molecule has 1 aliphatic rings. The third-order valence-corrected chi connectivity index (χ3v) is 3.02. The minimum atomic E-state index is -0.951. The molecule has 4 heteroatoms. The van der Waals surface area contributed by atoms with Gasteiger partial charge in [-0.3, -0.25) is 0 Å². The fourth-order valence-corrected chi connectivity index (χ4v) is 1.88. The number of hydrogen-bond acceptors (Lipinski definition) is 3. The molecule has 0 aliphatic carbocycles. The van der Waals surface area contributed by atoms with Crippen molar-refractivity contribution >= 4 is 12.0 Å². The van der Waals surface area contributed by atoms with E-state index in [0.717, 1.165) is 29.4 Å². The summed E-state index contributed by atoms with van der Waals surface area (Å²) in [5.41, 5.74) is 2.96. The summed E-state index contributed by atoms with van der Waals surface area (Å²) in [6, 6.07) is 5.94. The number of epoxide rings is 1. The van der Waals surface area contributed by atoms with Crippen LogP contribution in [0.2, 0.25) is 0 Å². The Balaban J connectivity index is 2.14. The van der Waals surface area contributed by atoms with Crippen molar-refractivity contribution in [2.45, 2.75) is 26.1 Å². The van der Waals surface area contributed by atoms with Crippen LogP contribution in [0.1, 0.15) is 29.7 Å². The average Bonchev–Trinajstić information content (AvgIpc) is 3.17. The molecule has 102 valence electrons. The highest BCUT2D eigenvalue weighted by Gasteiger charge is 2.24. The van der Waals surface area contributed by atoms with Crippen LogP contribution in [0, 0.1) is 6.92 Å². The van der Waals surface area contributed by atoms with Gasteiger partial charge in [0.2, 0.25) is 0 Å². The molecule has 1 heterocycles. The Morgan fingerprint density at radius 2 is 2.37 bits per heavy atom. The molecule has 0 spiro atoms. The number of carboxylic acids is 1. The monoisotopic (exact) mass is 262 g/mol. The van der Waals surface area contributed by atoms with E-state index in [2.05, 4.69) is 0 Å². The zero-order valence-electron chi connectivity index (χ0n) is 11.1. The van der Waals surface area contributed by atoms with Crippen LogP contribution >= 0.6 is 0 Å². The molecular weight excluding hydrogens is 244 g/mol. The first-order valence-electron chi connectivity index (χ1n) is 6.31. The number of rotatable bonds is 6. The molecule has 0 bridgehead atoms. The van der Waals surface area contributed by atoms with Crippen LogP contribution in [0.4, 0.5) is 0 Å². The van der Waals surface area contributed by atoms with E-state index in [1.54, 1.807) is 6.08 Å². The third kappa shape index (κ3) is 4.19. The van der Waals surface area contributed by atoms with E-state index in [1.807, 2.05) is 32.0 Å². The van der Waals surface area contributed by atoms with Crippen molar-refractivity contribution in [1.29, 1.82) is 0 Å². The summed E-state index contributed by atoms with van der Waals surface area (Å²) >= 11 is 0. The maximum absolute atomic E-state index is 10.6. The van der Waals surface area contributed by atoms with Crippen LogP contribution in [-0.2, 0) is 14.3 Å². The van der Waals surface area contributed by atoms with E-state index in [1.165, 1.54) is 0 Å². The van der Waals surface area contributed by atoms with Gasteiger partial charge in [-0.2, -0.15) is 0 Å². The first-order valence-corrected chi connectivity index (χ1v) is 6.31. The quantitative estimate of drug-likeness (QED) is 0.632. The van der Waals surface area contributed by atoms with Gasteiger partial charge in [0.1, 0.15) is 6.10 Å². The smallest absolute Gasteiger partial charge is 0.328 e. The molecule has 1 aromatic rings. The lowest BCUT2D eigenvalue weighted by Gasteiger charge is -2.16. The zero-order chi connectivity index (χ0) is 13.8. The van der Waals surface area contributed by atoms with Gasteiger partial charge in [-0.05, 0) is 31.1 Å². The SMILES string of the molecule is Cc1ccc([C@@H](C)OCC2CO2)c(C=CC(=O)O)c1. The van der Waals surface area contributed by atoms with E-state index in [-0.39, 0.29) is 12.2 Å². The second-order valence-electron chi connectivity index (χ2n) is 4.73. The largest absolute Gasteiger partial charge is 0.478 e. The minimum Gasteiger partial charge on any atom is -0.478 e. The Hall–Kier alpha value is -1.65. The number of aliphatic carboxylic acids is 1. The highest BCUT2D eigenvalue weighted by atomic mass is 16.6. The van der Waals surface area contributed by atoms with Gasteiger partial charge < -0.3 is 14.6 Å². The van der Waals surface area contributed by atoms with E-state index in [0.29, 0.717) is 6.61 Å². The van der Waals surface area contributed by atoms with Crippen LogP contribution in [-0.4, -0.2) is 30.4 Å². The Morgan fingerprint density at radius 3 is 3.00 bits per heavy atom. The number of ether oxygens (including phenoxy) is 2. The minimum absolute atomic E-state index is 0.0850. The summed E-state index contributed by atoms with van der Waals surface area (Å²) < 4.78 is 10.8. The normalized spacial score (nSPS) is 19.6. The number of aryl methyl sites for hydroxylation is 1. The van der Waals surface area contributed by atoms with E-state index >= 15 is 0 Å². The molecule has 0 amide bonds. The summed E-state index contributed by atoms with van der Waals surface area (Å²) in [7, 11) is 0. The maximum atomic E-state index is 10.6. The molecule has 2 rings (SSSR count). The molecule has 1 N–H and O–H groups in total. The van der Waals surface area contributed by atoms with Crippen molar-refractivity contribution in [1.82, 2.24) is 0 Å². The summed E-state index contributed by atoms with van der Waals surface area (Å²) in [4.78, 5) is 10.6. The molecule has 2 atom stereocenters. The van der Waals surface area contributed by atoms with Crippen molar-refractivity contribution in [2.75, 3.05) is 13.2 Å². The second-order valence-corrected chi connectivity index (χ2v) is 4.73. The molecule has 0 saturated carbocycles. The van der Waals surface area contributed by atoms with Crippen molar-refractivity contribution < 1.29 is 19.4 Å². The van der Waals surface area contributed by atoms with Crippen molar-refractivity contribution in [3.8, 4) is 0 Å². The molecular formula is C15H18O4. The molecule has 1 saturated heterocycles. The molecule has 1 aliphatic heterocycles. The van der Waals surface area contributed by atoms with Gasteiger partial charge in [-0.25, -0.2) is 4.79 Å². The number of carbonyl (C=O) groups is 1. The van der Waals surface area contributed by atoms with Crippen LogP contribution in [0.5, 0.6) is 0 Å². The first kappa shape index (κ1) is 13.8. The lowest BCUT2D eigenvalue weighted by atomic mass is 10.00. The van der Waals surface area contributed by atoms with E-state index < -0.39 is 5.97 Å². The molecule has 0 aromatic heterocycles. The lowest BCUT2D eigenvalue weighted by Crippen LogP contribution is -2.07. The number of carboxylic acid groups (broad SMARTS) is 1. The summed E-state index contributed by atoms with van der Waals surface area (Å²) in [5.74, 6) is -0.951. The van der Waals surface area contributed by atoms with Gasteiger partial charge in [-0.15, -0.1) is 0 Å². The predicted octanol–water partition coefficient (Wildman–Crippen LogP) is 2.57. The highest BCUT2D eigenvalue weighted by molar-refractivity contribution is 5.85. The first-order chi connectivity index (χ1) is 9.06. The van der Waals surface area contributed by atoms with Gasteiger partial charge in [0.05, 0.1) is 19.3 Å². The van der Waals surface area contributed by atoms with Crippen molar-refractivity contribution in [2.24, 2.45) is 0 Å². The Bertz CT molecular complexity index is 489. The standard InChI is InChI=1S/C15H18O4/c1-10-3-5-14(11(2)18-8-13-9-19-13)12(7-10)4-6-15(16)17/h3-7,11,13H,8-9H2,1-2H3,(H,16,17)/t11-,13?/m1/s1. The summed E-state index contributed by atoms with van der Waals surface area (Å²) in [5, 5.41) is 8.72. The van der Waals surface area contributed by atoms with Crippen LogP contribution in [0.3, 0.4) is 0 Å². The Labute approximate surface area is 112 Å². The number of hydrogen-bond donors (Lipinski definition) is 1. The average molecular weight is 262 g/mol. The second kappa shape index (κ2) is 5.99. The molecule has 19 heavy (non-hydrogen) atoms. The molecule has 1 fully saturated rings. The fraction of sp³-hybridized carbons (Fsp3) is 0.400. The molecule has 1 unspecified atom stereocenters. The zero-order valence-corrected chi connectivity index (χ0v) is 11.1. The predicted molar refractivity (Wildman–Crippen MR) is 72.0 cm³/mol. The van der Waals surface area contributed by atoms with E-state index in [4.69, 9.17) is 14.6 Å². The van der Waals surface area contributed by atoms with Gasteiger partial charge in [0.25, 0.3) is 0 Å². The van der Waals surface area contributed by atoms with Gasteiger partial charge in [0.15, 0.2) is 0 Å². The Kier molecular flexibility index (Phi) is 4.35. The topological polar surface area (TPSA) is 59.1 Å².